The number of aromatic nitrogens is 1. The normalized spacial score (nSPS) is 11.6. The second kappa shape index (κ2) is 6.77. The fourth-order valence-corrected chi connectivity index (χ4v) is 2.10. The average Bonchev–Trinajstić information content (AvgIpc) is 3.07. The number of hydroxylamine groups is 1. The van der Waals surface area contributed by atoms with Crippen molar-refractivity contribution < 1.29 is 19.5 Å². The van der Waals surface area contributed by atoms with Crippen LogP contribution in [-0.4, -0.2) is 29.1 Å². The lowest BCUT2D eigenvalue weighted by molar-refractivity contribution is 0.0705. The van der Waals surface area contributed by atoms with Crippen LogP contribution in [0.2, 0.25) is 0 Å². The Morgan fingerprint density at radius 1 is 1.27 bits per heavy atom. The highest BCUT2D eigenvalue weighted by Gasteiger charge is 2.17. The zero-order valence-corrected chi connectivity index (χ0v) is 12.2. The van der Waals surface area contributed by atoms with Crippen LogP contribution in [0.25, 0.3) is 0 Å². The highest BCUT2D eigenvalue weighted by Crippen LogP contribution is 2.26. The van der Waals surface area contributed by atoms with Gasteiger partial charge in [-0.2, -0.15) is 0 Å². The lowest BCUT2D eigenvalue weighted by atomic mass is 10.0. The first-order valence-electron chi connectivity index (χ1n) is 6.63. The Morgan fingerprint density at radius 2 is 2.05 bits per heavy atom. The zero-order valence-electron chi connectivity index (χ0n) is 12.2. The highest BCUT2D eigenvalue weighted by atomic mass is 16.5. The summed E-state index contributed by atoms with van der Waals surface area (Å²) in [4.78, 5) is 26.3. The molecule has 7 heteroatoms. The van der Waals surface area contributed by atoms with E-state index in [2.05, 4.69) is 10.3 Å². The Bertz CT molecular complexity index is 667. The van der Waals surface area contributed by atoms with E-state index in [1.54, 1.807) is 35.9 Å². The SMILES string of the molecule is COc1cc(C(=O)NO)ccc1C(C)NC(=O)c1ccc[nH]1. The van der Waals surface area contributed by atoms with Gasteiger partial charge in [0.1, 0.15) is 11.4 Å². The van der Waals surface area contributed by atoms with E-state index in [9.17, 15) is 9.59 Å². The Labute approximate surface area is 127 Å². The van der Waals surface area contributed by atoms with Crippen molar-refractivity contribution in [1.29, 1.82) is 0 Å². The molecule has 1 aromatic carbocycles. The number of methoxy groups -OCH3 is 1. The van der Waals surface area contributed by atoms with Crippen LogP contribution in [0.1, 0.15) is 39.4 Å². The summed E-state index contributed by atoms with van der Waals surface area (Å²) in [7, 11) is 1.47. The van der Waals surface area contributed by atoms with Gasteiger partial charge in [0.05, 0.1) is 13.2 Å². The third kappa shape index (κ3) is 3.26. The molecule has 1 unspecified atom stereocenters. The molecule has 0 aliphatic heterocycles. The van der Waals surface area contributed by atoms with E-state index >= 15 is 0 Å². The van der Waals surface area contributed by atoms with Crippen molar-refractivity contribution in [2.45, 2.75) is 13.0 Å². The summed E-state index contributed by atoms with van der Waals surface area (Å²) in [6.45, 7) is 1.81. The minimum atomic E-state index is -0.632. The summed E-state index contributed by atoms with van der Waals surface area (Å²) in [6, 6.07) is 7.80. The van der Waals surface area contributed by atoms with E-state index in [4.69, 9.17) is 9.94 Å². The van der Waals surface area contributed by atoms with E-state index in [0.717, 1.165) is 5.56 Å². The number of nitrogens with one attached hydrogen (secondary N) is 3. The van der Waals surface area contributed by atoms with E-state index in [1.165, 1.54) is 13.2 Å². The number of hydrogen-bond donors (Lipinski definition) is 4. The van der Waals surface area contributed by atoms with Crippen molar-refractivity contribution in [3.8, 4) is 5.75 Å². The molecule has 7 nitrogen and oxygen atoms in total. The maximum Gasteiger partial charge on any atom is 0.274 e. The van der Waals surface area contributed by atoms with E-state index in [0.29, 0.717) is 11.4 Å². The number of rotatable bonds is 5. The average molecular weight is 303 g/mol. The molecule has 22 heavy (non-hydrogen) atoms. The first kappa shape index (κ1) is 15.6. The van der Waals surface area contributed by atoms with Crippen LogP contribution in [0.3, 0.4) is 0 Å². The molecule has 4 N–H and O–H groups in total. The molecule has 2 rings (SSSR count). The van der Waals surface area contributed by atoms with Gasteiger partial charge in [-0.3, -0.25) is 14.8 Å². The number of benzene rings is 1. The van der Waals surface area contributed by atoms with Gasteiger partial charge in [-0.05, 0) is 31.2 Å². The molecule has 0 bridgehead atoms. The second-order valence-electron chi connectivity index (χ2n) is 4.68. The fourth-order valence-electron chi connectivity index (χ4n) is 2.10. The van der Waals surface area contributed by atoms with Gasteiger partial charge in [0.25, 0.3) is 11.8 Å². The van der Waals surface area contributed by atoms with Crippen molar-refractivity contribution in [3.63, 3.8) is 0 Å². The van der Waals surface area contributed by atoms with Crippen molar-refractivity contribution >= 4 is 11.8 Å². The lowest BCUT2D eigenvalue weighted by Crippen LogP contribution is -2.27. The summed E-state index contributed by atoms with van der Waals surface area (Å²) in [5.74, 6) is -0.426. The molecule has 0 saturated carbocycles. The van der Waals surface area contributed by atoms with Crippen LogP contribution < -0.4 is 15.5 Å². The fraction of sp³-hybridized carbons (Fsp3) is 0.200. The van der Waals surface area contributed by atoms with Crippen LogP contribution in [-0.2, 0) is 0 Å². The summed E-state index contributed by atoms with van der Waals surface area (Å²) in [6.07, 6.45) is 1.67. The Balaban J connectivity index is 2.20. The maximum atomic E-state index is 12.0. The van der Waals surface area contributed by atoms with E-state index in [1.807, 2.05) is 6.92 Å². The molecule has 1 aromatic heterocycles. The van der Waals surface area contributed by atoms with Gasteiger partial charge in [0.15, 0.2) is 0 Å². The van der Waals surface area contributed by atoms with Gasteiger partial charge >= 0.3 is 0 Å². The number of hydrogen-bond acceptors (Lipinski definition) is 4. The third-order valence-corrected chi connectivity index (χ3v) is 3.25. The zero-order chi connectivity index (χ0) is 16.1. The smallest absolute Gasteiger partial charge is 0.274 e. The standard InChI is InChI=1S/C15H17N3O4/c1-9(17-15(20)12-4-3-7-16-12)11-6-5-10(14(19)18-21)8-13(11)22-2/h3-9,16,21H,1-2H3,(H,17,20)(H,18,19). The maximum absolute atomic E-state index is 12.0. The summed E-state index contributed by atoms with van der Waals surface area (Å²) >= 11 is 0. The number of aromatic amines is 1. The molecular weight excluding hydrogens is 286 g/mol. The topological polar surface area (TPSA) is 103 Å². The molecule has 0 aliphatic carbocycles. The molecular formula is C15H17N3O4. The van der Waals surface area contributed by atoms with Crippen molar-refractivity contribution in [2.24, 2.45) is 0 Å². The molecule has 0 aliphatic rings. The van der Waals surface area contributed by atoms with E-state index in [-0.39, 0.29) is 17.5 Å². The minimum Gasteiger partial charge on any atom is -0.496 e. The summed E-state index contributed by atoms with van der Waals surface area (Å²) in [5, 5.41) is 11.5. The Kier molecular flexibility index (Phi) is 4.80. The van der Waals surface area contributed by atoms with Gasteiger partial charge in [-0.15, -0.1) is 0 Å². The first-order valence-corrected chi connectivity index (χ1v) is 6.63. The number of carbonyl (C=O) groups is 2. The van der Waals surface area contributed by atoms with Crippen LogP contribution in [0.15, 0.2) is 36.5 Å². The van der Waals surface area contributed by atoms with Crippen molar-refractivity contribution in [1.82, 2.24) is 15.8 Å². The largest absolute Gasteiger partial charge is 0.496 e. The Morgan fingerprint density at radius 3 is 2.64 bits per heavy atom. The predicted molar refractivity (Wildman–Crippen MR) is 78.9 cm³/mol. The molecule has 1 atom stereocenters. The summed E-state index contributed by atoms with van der Waals surface area (Å²) < 4.78 is 5.25. The van der Waals surface area contributed by atoms with Crippen LogP contribution in [0.4, 0.5) is 0 Å². The monoisotopic (exact) mass is 303 g/mol. The molecule has 0 spiro atoms. The van der Waals surface area contributed by atoms with Gasteiger partial charge in [0, 0.05) is 17.3 Å². The van der Waals surface area contributed by atoms with Crippen molar-refractivity contribution in [3.05, 3.63) is 53.3 Å². The molecule has 0 fully saturated rings. The van der Waals surface area contributed by atoms with Crippen LogP contribution >= 0.6 is 0 Å². The predicted octanol–water partition coefficient (Wildman–Crippen LogP) is 1.63. The molecule has 2 amide bonds. The molecule has 1 heterocycles. The molecule has 116 valence electrons. The molecule has 0 radical (unpaired) electrons. The third-order valence-electron chi connectivity index (χ3n) is 3.25. The quantitative estimate of drug-likeness (QED) is 0.498. The molecule has 2 aromatic rings. The first-order chi connectivity index (χ1) is 10.6. The number of H-pyrrole nitrogens is 1. The van der Waals surface area contributed by atoms with Gasteiger partial charge in [-0.25, -0.2) is 5.48 Å². The van der Waals surface area contributed by atoms with Crippen molar-refractivity contribution in [2.75, 3.05) is 7.11 Å². The van der Waals surface area contributed by atoms with Gasteiger partial charge in [-0.1, -0.05) is 6.07 Å². The van der Waals surface area contributed by atoms with Gasteiger partial charge < -0.3 is 15.0 Å². The second-order valence-corrected chi connectivity index (χ2v) is 4.68. The number of amides is 2. The van der Waals surface area contributed by atoms with Crippen LogP contribution in [0.5, 0.6) is 5.75 Å². The lowest BCUT2D eigenvalue weighted by Gasteiger charge is -2.17. The highest BCUT2D eigenvalue weighted by molar-refractivity contribution is 5.94. The van der Waals surface area contributed by atoms with Gasteiger partial charge in [0.2, 0.25) is 0 Å². The van der Waals surface area contributed by atoms with Crippen LogP contribution in [0, 0.1) is 0 Å². The summed E-state index contributed by atoms with van der Waals surface area (Å²) in [5.41, 5.74) is 3.00. The van der Waals surface area contributed by atoms with E-state index < -0.39 is 5.91 Å². The minimum absolute atomic E-state index is 0.239. The number of carbonyl (C=O) groups excluding carboxylic acids is 2. The number of ether oxygens (including phenoxy) is 1. The Hall–Kier alpha value is -2.80. The molecule has 0 saturated heterocycles.